The number of carbonyl (C=O) groups excluding carboxylic acids is 1. The molecule has 0 aliphatic heterocycles. The topological polar surface area (TPSA) is 81.4 Å². The maximum absolute atomic E-state index is 12.4. The molecule has 7 heteroatoms. The van der Waals surface area contributed by atoms with Crippen molar-refractivity contribution >= 4 is 11.6 Å². The minimum absolute atomic E-state index is 0.0103. The molecule has 154 valence electrons. The lowest BCUT2D eigenvalue weighted by atomic mass is 10.1. The van der Waals surface area contributed by atoms with Crippen LogP contribution in [-0.4, -0.2) is 32.1 Å². The zero-order valence-corrected chi connectivity index (χ0v) is 17.7. The van der Waals surface area contributed by atoms with Gasteiger partial charge >= 0.3 is 0 Å². The summed E-state index contributed by atoms with van der Waals surface area (Å²) in [6.07, 6.45) is 4.77. The van der Waals surface area contributed by atoms with Crippen molar-refractivity contribution in [3.63, 3.8) is 0 Å². The van der Waals surface area contributed by atoms with Gasteiger partial charge in [-0.05, 0) is 45.2 Å². The maximum atomic E-state index is 12.4. The highest BCUT2D eigenvalue weighted by molar-refractivity contribution is 5.76. The van der Waals surface area contributed by atoms with E-state index >= 15 is 0 Å². The number of aromatic nitrogens is 4. The first-order valence-corrected chi connectivity index (χ1v) is 10.2. The van der Waals surface area contributed by atoms with Gasteiger partial charge in [-0.15, -0.1) is 0 Å². The first-order chi connectivity index (χ1) is 14.0. The number of aryl methyl sites for hydroxylation is 3. The van der Waals surface area contributed by atoms with E-state index in [2.05, 4.69) is 27.3 Å². The number of carbonyl (C=O) groups is 1. The van der Waals surface area contributed by atoms with Crippen molar-refractivity contribution in [2.75, 3.05) is 6.61 Å². The zero-order chi connectivity index (χ0) is 20.8. The van der Waals surface area contributed by atoms with E-state index in [9.17, 15) is 4.79 Å². The number of nitrogens with zero attached hydrogens (tertiary/aromatic N) is 4. The molecule has 0 unspecified atom stereocenters. The van der Waals surface area contributed by atoms with Crippen LogP contribution < -0.4 is 10.1 Å². The molecule has 0 radical (unpaired) electrons. The summed E-state index contributed by atoms with van der Waals surface area (Å²) in [6.45, 7) is 9.12. The molecule has 3 heterocycles. The van der Waals surface area contributed by atoms with Crippen LogP contribution in [0.1, 0.15) is 54.4 Å². The van der Waals surface area contributed by atoms with Gasteiger partial charge in [0.1, 0.15) is 0 Å². The van der Waals surface area contributed by atoms with Crippen LogP contribution in [-0.2, 0) is 17.8 Å². The Morgan fingerprint density at radius 1 is 1.28 bits per heavy atom. The molecule has 1 amide bonds. The van der Waals surface area contributed by atoms with Gasteiger partial charge in [-0.3, -0.25) is 4.79 Å². The number of fused-ring (bicyclic) bond motifs is 1. The average Bonchev–Trinajstić information content (AvgIpc) is 3.07. The highest BCUT2D eigenvalue weighted by atomic mass is 16.5. The molecule has 29 heavy (non-hydrogen) atoms. The van der Waals surface area contributed by atoms with Crippen LogP contribution in [0.5, 0.6) is 5.88 Å². The molecular formula is C22H29N5O2. The number of rotatable bonds is 9. The van der Waals surface area contributed by atoms with Crippen molar-refractivity contribution in [2.45, 2.75) is 59.9 Å². The predicted molar refractivity (Wildman–Crippen MR) is 112 cm³/mol. The fourth-order valence-corrected chi connectivity index (χ4v) is 3.33. The van der Waals surface area contributed by atoms with Crippen LogP contribution in [0.3, 0.4) is 0 Å². The lowest BCUT2D eigenvalue weighted by molar-refractivity contribution is -0.121. The summed E-state index contributed by atoms with van der Waals surface area (Å²) in [6, 6.07) is 5.75. The van der Waals surface area contributed by atoms with Crippen LogP contribution in [0.15, 0.2) is 24.4 Å². The highest BCUT2D eigenvalue weighted by Crippen LogP contribution is 2.18. The summed E-state index contributed by atoms with van der Waals surface area (Å²) < 4.78 is 7.59. The van der Waals surface area contributed by atoms with Gasteiger partial charge in [0.05, 0.1) is 12.3 Å². The molecule has 1 N–H and O–H groups in total. The molecule has 0 saturated carbocycles. The number of unbranched alkanes of at least 4 members (excludes halogenated alkanes) is 1. The third-order valence-corrected chi connectivity index (χ3v) is 4.95. The van der Waals surface area contributed by atoms with Gasteiger partial charge in [0, 0.05) is 42.2 Å². The largest absolute Gasteiger partial charge is 0.477 e. The van der Waals surface area contributed by atoms with Gasteiger partial charge in [-0.25, -0.2) is 14.5 Å². The van der Waals surface area contributed by atoms with Gasteiger partial charge in [0.15, 0.2) is 5.65 Å². The van der Waals surface area contributed by atoms with Crippen molar-refractivity contribution in [3.8, 4) is 5.88 Å². The smallest absolute Gasteiger partial charge is 0.220 e. The van der Waals surface area contributed by atoms with Crippen molar-refractivity contribution in [1.82, 2.24) is 24.9 Å². The van der Waals surface area contributed by atoms with Crippen molar-refractivity contribution in [1.29, 1.82) is 0 Å². The number of amides is 1. The fourth-order valence-electron chi connectivity index (χ4n) is 3.33. The third-order valence-electron chi connectivity index (χ3n) is 4.95. The summed E-state index contributed by atoms with van der Waals surface area (Å²) in [4.78, 5) is 21.3. The molecule has 0 fully saturated rings. The van der Waals surface area contributed by atoms with Crippen LogP contribution in [0, 0.1) is 20.8 Å². The summed E-state index contributed by atoms with van der Waals surface area (Å²) >= 11 is 0. The van der Waals surface area contributed by atoms with Crippen molar-refractivity contribution in [2.24, 2.45) is 0 Å². The second-order valence-electron chi connectivity index (χ2n) is 7.26. The number of pyridine rings is 1. The maximum Gasteiger partial charge on any atom is 0.220 e. The Kier molecular flexibility index (Phi) is 6.80. The second-order valence-corrected chi connectivity index (χ2v) is 7.26. The molecule has 0 bridgehead atoms. The first-order valence-electron chi connectivity index (χ1n) is 10.2. The molecule has 0 aromatic carbocycles. The van der Waals surface area contributed by atoms with Crippen LogP contribution in [0.25, 0.3) is 5.65 Å². The number of hydrogen-bond acceptors (Lipinski definition) is 5. The Bertz CT molecular complexity index is 996. The van der Waals surface area contributed by atoms with Crippen molar-refractivity contribution in [3.05, 3.63) is 52.6 Å². The molecule has 0 saturated heterocycles. The van der Waals surface area contributed by atoms with E-state index < -0.39 is 0 Å². The Morgan fingerprint density at radius 3 is 2.90 bits per heavy atom. The normalized spacial score (nSPS) is 11.0. The van der Waals surface area contributed by atoms with Crippen LogP contribution >= 0.6 is 0 Å². The zero-order valence-electron chi connectivity index (χ0n) is 17.7. The van der Waals surface area contributed by atoms with E-state index in [1.54, 1.807) is 6.20 Å². The fraction of sp³-hybridized carbons (Fsp3) is 0.455. The molecule has 7 nitrogen and oxygen atoms in total. The lowest BCUT2D eigenvalue weighted by Gasteiger charge is -2.12. The Balaban J connectivity index is 1.59. The Labute approximate surface area is 171 Å². The monoisotopic (exact) mass is 395 g/mol. The molecule has 3 aromatic rings. The second kappa shape index (κ2) is 9.49. The van der Waals surface area contributed by atoms with Gasteiger partial charge in [-0.2, -0.15) is 5.10 Å². The lowest BCUT2D eigenvalue weighted by Crippen LogP contribution is -2.24. The van der Waals surface area contributed by atoms with Gasteiger partial charge in [0.2, 0.25) is 11.8 Å². The SMILES string of the molecule is CCCCOc1ncccc1CNC(=O)CCc1c(C)nc2cc(C)nn2c1C. The quantitative estimate of drug-likeness (QED) is 0.561. The van der Waals surface area contributed by atoms with E-state index in [-0.39, 0.29) is 5.91 Å². The summed E-state index contributed by atoms with van der Waals surface area (Å²) in [5.74, 6) is 0.584. The standard InChI is InChI=1S/C22H29N5O2/c1-5-6-12-29-22-18(8-7-11-23-22)14-24-21(28)10-9-19-16(3)25-20-13-15(2)26-27(20)17(19)4/h7-8,11,13H,5-6,9-10,12,14H2,1-4H3,(H,24,28). The van der Waals surface area contributed by atoms with Gasteiger partial charge in [-0.1, -0.05) is 19.4 Å². The Hall–Kier alpha value is -2.96. The van der Waals surface area contributed by atoms with E-state index in [1.807, 2.05) is 43.5 Å². The van der Waals surface area contributed by atoms with Gasteiger partial charge < -0.3 is 10.1 Å². The Morgan fingerprint density at radius 2 is 2.10 bits per heavy atom. The van der Waals surface area contributed by atoms with Crippen LogP contribution in [0.4, 0.5) is 0 Å². The number of nitrogens with one attached hydrogen (secondary N) is 1. The van der Waals surface area contributed by atoms with E-state index in [4.69, 9.17) is 4.74 Å². The summed E-state index contributed by atoms with van der Waals surface area (Å²) in [5.41, 5.74) is 5.72. The van der Waals surface area contributed by atoms with E-state index in [1.165, 1.54) is 0 Å². The van der Waals surface area contributed by atoms with Gasteiger partial charge in [0.25, 0.3) is 0 Å². The van der Waals surface area contributed by atoms with E-state index in [0.29, 0.717) is 31.9 Å². The minimum atomic E-state index is -0.0103. The molecule has 3 aromatic heterocycles. The predicted octanol–water partition coefficient (Wildman–Crippen LogP) is 3.48. The molecular weight excluding hydrogens is 366 g/mol. The summed E-state index contributed by atoms with van der Waals surface area (Å²) in [7, 11) is 0. The first kappa shape index (κ1) is 20.8. The summed E-state index contributed by atoms with van der Waals surface area (Å²) in [5, 5.41) is 7.47. The molecule has 0 aliphatic carbocycles. The third kappa shape index (κ3) is 5.10. The molecule has 0 spiro atoms. The molecule has 0 atom stereocenters. The average molecular weight is 396 g/mol. The van der Waals surface area contributed by atoms with Crippen molar-refractivity contribution < 1.29 is 9.53 Å². The molecule has 0 aliphatic rings. The number of hydrogen-bond donors (Lipinski definition) is 1. The molecule has 3 rings (SSSR count). The van der Waals surface area contributed by atoms with E-state index in [0.717, 1.165) is 46.7 Å². The van der Waals surface area contributed by atoms with Crippen LogP contribution in [0.2, 0.25) is 0 Å². The number of ether oxygens (including phenoxy) is 1. The minimum Gasteiger partial charge on any atom is -0.477 e. The highest BCUT2D eigenvalue weighted by Gasteiger charge is 2.13.